The first kappa shape index (κ1) is 21.8. The minimum absolute atomic E-state index is 0.139. The predicted molar refractivity (Wildman–Crippen MR) is 108 cm³/mol. The topological polar surface area (TPSA) is 96.3 Å². The molecule has 0 spiro atoms. The number of amides is 1. The number of halogens is 3. The highest BCUT2D eigenvalue weighted by Gasteiger charge is 2.32. The summed E-state index contributed by atoms with van der Waals surface area (Å²) in [6, 6.07) is 8.15. The maximum atomic E-state index is 12.9. The fraction of sp³-hybridized carbons (Fsp3) is 0.286. The zero-order chi connectivity index (χ0) is 22.7. The van der Waals surface area contributed by atoms with E-state index < -0.39 is 24.4 Å². The summed E-state index contributed by atoms with van der Waals surface area (Å²) in [4.78, 5) is 16.9. The number of aliphatic hydroxyl groups is 1. The SMILES string of the molecule is O=C(N[C@H]1COC[C@H]1O)C1=CC(c2ccc(OC(F)(F)F)cc2)=NN(c2cccnc2)C1. The number of aromatic nitrogens is 1. The second-order valence-electron chi connectivity index (χ2n) is 7.18. The molecule has 3 heterocycles. The Morgan fingerprint density at radius 3 is 2.62 bits per heavy atom. The number of hydrogen-bond donors (Lipinski definition) is 2. The Morgan fingerprint density at radius 2 is 2.00 bits per heavy atom. The van der Waals surface area contributed by atoms with Crippen LogP contribution in [0.1, 0.15) is 5.56 Å². The summed E-state index contributed by atoms with van der Waals surface area (Å²) in [5.41, 5.74) is 1.84. The van der Waals surface area contributed by atoms with Crippen LogP contribution < -0.4 is 15.1 Å². The first-order valence-corrected chi connectivity index (χ1v) is 9.68. The molecule has 0 unspecified atom stereocenters. The number of carbonyl (C=O) groups is 1. The third-order valence-electron chi connectivity index (χ3n) is 4.85. The molecule has 1 amide bonds. The van der Waals surface area contributed by atoms with Gasteiger partial charge in [0, 0.05) is 17.3 Å². The molecule has 0 radical (unpaired) electrons. The Kier molecular flexibility index (Phi) is 6.10. The maximum Gasteiger partial charge on any atom is 0.573 e. The van der Waals surface area contributed by atoms with E-state index in [1.54, 1.807) is 35.6 Å². The summed E-state index contributed by atoms with van der Waals surface area (Å²) < 4.78 is 46.4. The molecule has 168 valence electrons. The number of nitrogens with zero attached hydrogens (tertiary/aromatic N) is 3. The lowest BCUT2D eigenvalue weighted by atomic mass is 10.0. The minimum atomic E-state index is -4.79. The number of rotatable bonds is 5. The van der Waals surface area contributed by atoms with Crippen LogP contribution in [0.15, 0.2) is 65.5 Å². The van der Waals surface area contributed by atoms with Crippen molar-refractivity contribution < 1.29 is 32.5 Å². The molecule has 2 atom stereocenters. The fourth-order valence-electron chi connectivity index (χ4n) is 3.27. The highest BCUT2D eigenvalue weighted by Crippen LogP contribution is 2.25. The van der Waals surface area contributed by atoms with Crippen LogP contribution in [-0.4, -0.2) is 60.0 Å². The Hall–Kier alpha value is -3.44. The van der Waals surface area contributed by atoms with Crippen molar-refractivity contribution >= 4 is 17.3 Å². The van der Waals surface area contributed by atoms with E-state index in [9.17, 15) is 23.1 Å². The van der Waals surface area contributed by atoms with Gasteiger partial charge in [0.2, 0.25) is 5.91 Å². The second-order valence-corrected chi connectivity index (χ2v) is 7.18. The Balaban J connectivity index is 1.61. The summed E-state index contributed by atoms with van der Waals surface area (Å²) in [7, 11) is 0. The molecule has 2 aromatic rings. The lowest BCUT2D eigenvalue weighted by molar-refractivity contribution is -0.274. The third-order valence-corrected chi connectivity index (χ3v) is 4.85. The van der Waals surface area contributed by atoms with Crippen molar-refractivity contribution in [3.8, 4) is 5.75 Å². The Bertz CT molecular complexity index is 1030. The molecule has 1 aromatic heterocycles. The molecule has 1 fully saturated rings. The van der Waals surface area contributed by atoms with Crippen molar-refractivity contribution in [2.45, 2.75) is 18.5 Å². The molecule has 11 heteroatoms. The van der Waals surface area contributed by atoms with Gasteiger partial charge in [0.05, 0.1) is 49.5 Å². The zero-order valence-corrected chi connectivity index (χ0v) is 16.6. The van der Waals surface area contributed by atoms with Gasteiger partial charge in [-0.15, -0.1) is 13.2 Å². The van der Waals surface area contributed by atoms with E-state index in [0.717, 1.165) is 0 Å². The van der Waals surface area contributed by atoms with Crippen LogP contribution in [0.5, 0.6) is 5.75 Å². The van der Waals surface area contributed by atoms with Gasteiger partial charge in [-0.2, -0.15) is 5.10 Å². The van der Waals surface area contributed by atoms with E-state index in [0.29, 0.717) is 22.5 Å². The smallest absolute Gasteiger partial charge is 0.406 e. The van der Waals surface area contributed by atoms with E-state index in [2.05, 4.69) is 20.1 Å². The van der Waals surface area contributed by atoms with Crippen molar-refractivity contribution in [3.05, 3.63) is 66.0 Å². The molecular formula is C21H19F3N4O4. The summed E-state index contributed by atoms with van der Waals surface area (Å²) in [6.07, 6.45) is -0.851. The number of pyridine rings is 1. The number of nitrogens with one attached hydrogen (secondary N) is 1. The number of aliphatic hydroxyl groups excluding tert-OH is 1. The molecule has 4 rings (SSSR count). The van der Waals surface area contributed by atoms with Crippen molar-refractivity contribution in [2.75, 3.05) is 24.8 Å². The molecular weight excluding hydrogens is 429 g/mol. The quantitative estimate of drug-likeness (QED) is 0.727. The van der Waals surface area contributed by atoms with Gasteiger partial charge in [0.15, 0.2) is 0 Å². The van der Waals surface area contributed by atoms with Gasteiger partial charge in [-0.25, -0.2) is 0 Å². The minimum Gasteiger partial charge on any atom is -0.406 e. The molecule has 0 bridgehead atoms. The summed E-state index contributed by atoms with van der Waals surface area (Å²) in [5.74, 6) is -0.767. The van der Waals surface area contributed by atoms with Gasteiger partial charge in [-0.3, -0.25) is 14.8 Å². The van der Waals surface area contributed by atoms with Crippen molar-refractivity contribution in [1.29, 1.82) is 0 Å². The first-order chi connectivity index (χ1) is 15.3. The first-order valence-electron chi connectivity index (χ1n) is 9.68. The number of hydrogen-bond acceptors (Lipinski definition) is 7. The molecule has 1 saturated heterocycles. The van der Waals surface area contributed by atoms with Gasteiger partial charge in [-0.1, -0.05) is 0 Å². The lowest BCUT2D eigenvalue weighted by Crippen LogP contribution is -2.45. The van der Waals surface area contributed by atoms with E-state index in [1.807, 2.05) is 0 Å². The maximum absolute atomic E-state index is 12.9. The molecule has 2 aliphatic heterocycles. The fourth-order valence-corrected chi connectivity index (χ4v) is 3.27. The van der Waals surface area contributed by atoms with Crippen LogP contribution in [0, 0.1) is 0 Å². The van der Waals surface area contributed by atoms with Crippen molar-refractivity contribution in [2.24, 2.45) is 5.10 Å². The number of alkyl halides is 3. The molecule has 2 aliphatic rings. The highest BCUT2D eigenvalue weighted by molar-refractivity contribution is 6.14. The summed E-state index contributed by atoms with van der Waals surface area (Å²) in [6.45, 7) is 0.485. The van der Waals surface area contributed by atoms with Gasteiger partial charge in [0.1, 0.15) is 5.75 Å². The van der Waals surface area contributed by atoms with Crippen LogP contribution in [0.25, 0.3) is 0 Å². The molecule has 0 saturated carbocycles. The summed E-state index contributed by atoms with van der Waals surface area (Å²) in [5, 5.41) is 18.8. The normalized spacial score (nSPS) is 21.1. The van der Waals surface area contributed by atoms with Crippen molar-refractivity contribution in [1.82, 2.24) is 10.3 Å². The van der Waals surface area contributed by atoms with E-state index >= 15 is 0 Å². The van der Waals surface area contributed by atoms with Crippen molar-refractivity contribution in [3.63, 3.8) is 0 Å². The average Bonchev–Trinajstić information content (AvgIpc) is 3.17. The van der Waals surface area contributed by atoms with Crippen LogP contribution in [0.3, 0.4) is 0 Å². The lowest BCUT2D eigenvalue weighted by Gasteiger charge is -2.26. The van der Waals surface area contributed by atoms with E-state index in [1.165, 1.54) is 24.3 Å². The number of anilines is 1. The monoisotopic (exact) mass is 448 g/mol. The predicted octanol–water partition coefficient (Wildman–Crippen LogP) is 2.01. The van der Waals surface area contributed by atoms with Gasteiger partial charge < -0.3 is 19.9 Å². The molecule has 32 heavy (non-hydrogen) atoms. The third kappa shape index (κ3) is 5.24. The molecule has 1 aromatic carbocycles. The Labute approximate surface area is 181 Å². The van der Waals surface area contributed by atoms with E-state index in [-0.39, 0.29) is 25.5 Å². The molecule has 0 aliphatic carbocycles. The van der Waals surface area contributed by atoms with Gasteiger partial charge in [0.25, 0.3) is 0 Å². The standard InChI is InChI=1S/C21H19F3N4O4/c22-21(23,24)32-16-5-3-13(4-6-16)17-8-14(20(30)26-18-11-31-12-19(18)29)10-28(27-17)15-2-1-7-25-9-15/h1-9,18-19,29H,10-12H2,(H,26,30)/t18-,19+/m0/s1. The summed E-state index contributed by atoms with van der Waals surface area (Å²) >= 11 is 0. The largest absolute Gasteiger partial charge is 0.573 e. The van der Waals surface area contributed by atoms with Crippen LogP contribution in [-0.2, 0) is 9.53 Å². The number of benzene rings is 1. The number of ether oxygens (including phenoxy) is 2. The van der Waals surface area contributed by atoms with Crippen LogP contribution >= 0.6 is 0 Å². The van der Waals surface area contributed by atoms with Gasteiger partial charge >= 0.3 is 6.36 Å². The molecule has 8 nitrogen and oxygen atoms in total. The van der Waals surface area contributed by atoms with E-state index in [4.69, 9.17) is 4.74 Å². The Morgan fingerprint density at radius 1 is 1.22 bits per heavy atom. The highest BCUT2D eigenvalue weighted by atomic mass is 19.4. The zero-order valence-electron chi connectivity index (χ0n) is 16.6. The second kappa shape index (κ2) is 8.97. The number of allylic oxidation sites excluding steroid dienone is 1. The molecule has 2 N–H and O–H groups in total. The van der Waals surface area contributed by atoms with Crippen LogP contribution in [0.2, 0.25) is 0 Å². The average molecular weight is 448 g/mol. The number of carbonyl (C=O) groups excluding carboxylic acids is 1. The number of hydrazone groups is 1. The van der Waals surface area contributed by atoms with Crippen LogP contribution in [0.4, 0.5) is 18.9 Å². The van der Waals surface area contributed by atoms with Gasteiger partial charge in [-0.05, 0) is 42.5 Å².